The van der Waals surface area contributed by atoms with Crippen molar-refractivity contribution in [3.05, 3.63) is 21.7 Å². The minimum absolute atomic E-state index is 0.0633. The standard InChI is InChI=1S/C17H21BrO5/c1-8-17-12(22-16(2,3)23-17)7-11(21-8)13-10(19-4)6-9(18)15(20-5)14(13)17/h6,8,11-12H,7H2,1-5H3/t8-,11-,12-,17-/m1/s1. The quantitative estimate of drug-likeness (QED) is 0.778. The zero-order chi connectivity index (χ0) is 16.6. The normalized spacial score (nSPS) is 36.5. The molecule has 3 heterocycles. The molecule has 2 bridgehead atoms. The molecule has 4 aliphatic rings. The SMILES string of the molecule is COc1cc(Br)c(OC)c2c1[C@H]1C[C@H]3OC(C)(C)O[C@@]23[C@@H](C)O1. The first-order valence-electron chi connectivity index (χ1n) is 7.82. The first-order chi connectivity index (χ1) is 10.8. The summed E-state index contributed by atoms with van der Waals surface area (Å²) in [5.41, 5.74) is 1.33. The summed E-state index contributed by atoms with van der Waals surface area (Å²) in [4.78, 5) is 0. The fraction of sp³-hybridized carbons (Fsp3) is 0.647. The van der Waals surface area contributed by atoms with Crippen molar-refractivity contribution in [2.24, 2.45) is 0 Å². The van der Waals surface area contributed by atoms with E-state index in [0.29, 0.717) is 0 Å². The van der Waals surface area contributed by atoms with Gasteiger partial charge in [-0.3, -0.25) is 0 Å². The van der Waals surface area contributed by atoms with E-state index in [9.17, 15) is 0 Å². The highest BCUT2D eigenvalue weighted by molar-refractivity contribution is 9.10. The third kappa shape index (κ3) is 1.89. The molecule has 2 fully saturated rings. The Labute approximate surface area is 144 Å². The molecular formula is C17H21BrO5. The summed E-state index contributed by atoms with van der Waals surface area (Å²) in [5.74, 6) is 0.891. The van der Waals surface area contributed by atoms with Gasteiger partial charge in [0, 0.05) is 17.5 Å². The Morgan fingerprint density at radius 2 is 2.00 bits per heavy atom. The Morgan fingerprint density at radius 3 is 2.65 bits per heavy atom. The first kappa shape index (κ1) is 15.7. The Hall–Kier alpha value is -0.820. The van der Waals surface area contributed by atoms with Crippen LogP contribution in [0, 0.1) is 0 Å². The van der Waals surface area contributed by atoms with Gasteiger partial charge < -0.3 is 23.7 Å². The van der Waals surface area contributed by atoms with E-state index < -0.39 is 11.4 Å². The van der Waals surface area contributed by atoms with Gasteiger partial charge in [0.2, 0.25) is 0 Å². The highest BCUT2D eigenvalue weighted by Gasteiger charge is 2.67. The highest BCUT2D eigenvalue weighted by Crippen LogP contribution is 2.64. The molecule has 1 aromatic carbocycles. The van der Waals surface area contributed by atoms with E-state index in [2.05, 4.69) is 15.9 Å². The molecule has 2 saturated heterocycles. The second-order valence-electron chi connectivity index (χ2n) is 6.79. The van der Waals surface area contributed by atoms with Crippen LogP contribution in [0.2, 0.25) is 0 Å². The molecular weight excluding hydrogens is 364 g/mol. The van der Waals surface area contributed by atoms with E-state index in [0.717, 1.165) is 33.5 Å². The average molecular weight is 385 g/mol. The summed E-state index contributed by atoms with van der Waals surface area (Å²) in [5, 5.41) is 0. The predicted molar refractivity (Wildman–Crippen MR) is 86.9 cm³/mol. The molecule has 5 rings (SSSR count). The van der Waals surface area contributed by atoms with E-state index >= 15 is 0 Å². The molecule has 1 spiro atoms. The smallest absolute Gasteiger partial charge is 0.164 e. The van der Waals surface area contributed by atoms with Gasteiger partial charge in [-0.25, -0.2) is 0 Å². The lowest BCUT2D eigenvalue weighted by Crippen LogP contribution is -2.57. The van der Waals surface area contributed by atoms with Crippen molar-refractivity contribution < 1.29 is 23.7 Å². The molecule has 6 heteroatoms. The van der Waals surface area contributed by atoms with Crippen LogP contribution in [0.1, 0.15) is 44.4 Å². The topological polar surface area (TPSA) is 46.2 Å². The minimum atomic E-state index is -0.685. The van der Waals surface area contributed by atoms with Crippen molar-refractivity contribution >= 4 is 15.9 Å². The lowest BCUT2D eigenvalue weighted by Gasteiger charge is -2.51. The van der Waals surface area contributed by atoms with Crippen LogP contribution in [-0.2, 0) is 19.8 Å². The van der Waals surface area contributed by atoms with Crippen molar-refractivity contribution in [3.63, 3.8) is 0 Å². The fourth-order valence-corrected chi connectivity index (χ4v) is 4.96. The van der Waals surface area contributed by atoms with Crippen molar-refractivity contribution in [1.82, 2.24) is 0 Å². The second-order valence-corrected chi connectivity index (χ2v) is 7.64. The van der Waals surface area contributed by atoms with Gasteiger partial charge in [-0.2, -0.15) is 0 Å². The van der Waals surface area contributed by atoms with Crippen molar-refractivity contribution in [3.8, 4) is 11.5 Å². The maximum absolute atomic E-state index is 6.46. The van der Waals surface area contributed by atoms with Gasteiger partial charge >= 0.3 is 0 Å². The first-order valence-corrected chi connectivity index (χ1v) is 8.61. The summed E-state index contributed by atoms with van der Waals surface area (Å²) >= 11 is 3.60. The van der Waals surface area contributed by atoms with Crippen LogP contribution >= 0.6 is 15.9 Å². The van der Waals surface area contributed by atoms with Crippen LogP contribution in [0.4, 0.5) is 0 Å². The molecule has 1 aliphatic carbocycles. The third-order valence-electron chi connectivity index (χ3n) is 5.09. The molecule has 0 N–H and O–H groups in total. The molecule has 4 atom stereocenters. The van der Waals surface area contributed by atoms with Gasteiger partial charge in [-0.05, 0) is 42.8 Å². The summed E-state index contributed by atoms with van der Waals surface area (Å²) in [6, 6.07) is 1.93. The zero-order valence-electron chi connectivity index (χ0n) is 13.9. The van der Waals surface area contributed by atoms with E-state index in [-0.39, 0.29) is 18.3 Å². The van der Waals surface area contributed by atoms with Crippen molar-refractivity contribution in [2.45, 2.75) is 56.9 Å². The third-order valence-corrected chi connectivity index (χ3v) is 5.68. The number of benzene rings is 1. The van der Waals surface area contributed by atoms with E-state index in [1.54, 1.807) is 14.2 Å². The van der Waals surface area contributed by atoms with Crippen molar-refractivity contribution in [2.75, 3.05) is 14.2 Å². The number of rotatable bonds is 2. The van der Waals surface area contributed by atoms with Gasteiger partial charge in [-0.15, -0.1) is 0 Å². The van der Waals surface area contributed by atoms with Crippen LogP contribution < -0.4 is 9.47 Å². The van der Waals surface area contributed by atoms with Gasteiger partial charge in [0.1, 0.15) is 11.5 Å². The Balaban J connectivity index is 2.05. The van der Waals surface area contributed by atoms with Crippen LogP contribution in [0.25, 0.3) is 0 Å². The van der Waals surface area contributed by atoms with Gasteiger partial charge in [-0.1, -0.05) is 0 Å². The molecule has 0 amide bonds. The predicted octanol–water partition coefficient (Wildman–Crippen LogP) is 3.68. The van der Waals surface area contributed by atoms with Gasteiger partial charge in [0.15, 0.2) is 11.4 Å². The molecule has 1 aromatic rings. The van der Waals surface area contributed by atoms with Crippen LogP contribution in [0.5, 0.6) is 11.5 Å². The lowest BCUT2D eigenvalue weighted by molar-refractivity contribution is -0.224. The second kappa shape index (κ2) is 4.85. The average Bonchev–Trinajstić information content (AvgIpc) is 2.77. The number of hydrogen-bond acceptors (Lipinski definition) is 5. The van der Waals surface area contributed by atoms with E-state index in [1.807, 2.05) is 26.8 Å². The Bertz CT molecular complexity index is 673. The Morgan fingerprint density at radius 1 is 1.26 bits per heavy atom. The van der Waals surface area contributed by atoms with Crippen LogP contribution in [0.3, 0.4) is 0 Å². The summed E-state index contributed by atoms with van der Waals surface area (Å²) in [6.45, 7) is 5.93. The molecule has 23 heavy (non-hydrogen) atoms. The molecule has 0 unspecified atom stereocenters. The number of hydrogen-bond donors (Lipinski definition) is 0. The summed E-state index contributed by atoms with van der Waals surface area (Å²) in [7, 11) is 3.35. The summed E-state index contributed by atoms with van der Waals surface area (Å²) < 4.78 is 31.1. The monoisotopic (exact) mass is 384 g/mol. The van der Waals surface area contributed by atoms with E-state index in [1.165, 1.54) is 0 Å². The van der Waals surface area contributed by atoms with Crippen molar-refractivity contribution in [1.29, 1.82) is 0 Å². The zero-order valence-corrected chi connectivity index (χ0v) is 15.5. The number of ether oxygens (including phenoxy) is 5. The largest absolute Gasteiger partial charge is 0.496 e. The minimum Gasteiger partial charge on any atom is -0.496 e. The Kier molecular flexibility index (Phi) is 3.31. The molecule has 3 aliphatic heterocycles. The van der Waals surface area contributed by atoms with Crippen LogP contribution in [0.15, 0.2) is 10.5 Å². The van der Waals surface area contributed by atoms with Gasteiger partial charge in [0.05, 0.1) is 37.0 Å². The fourth-order valence-electron chi connectivity index (χ4n) is 4.39. The molecule has 5 nitrogen and oxygen atoms in total. The van der Waals surface area contributed by atoms with E-state index in [4.69, 9.17) is 23.7 Å². The van der Waals surface area contributed by atoms with Gasteiger partial charge in [0.25, 0.3) is 0 Å². The highest BCUT2D eigenvalue weighted by atomic mass is 79.9. The number of fused-ring (bicyclic) bond motifs is 1. The maximum Gasteiger partial charge on any atom is 0.164 e. The molecule has 0 radical (unpaired) electrons. The molecule has 0 saturated carbocycles. The summed E-state index contributed by atoms with van der Waals surface area (Å²) in [6.07, 6.45) is 0.475. The molecule has 0 aromatic heterocycles. The number of methoxy groups -OCH3 is 2. The lowest BCUT2D eigenvalue weighted by atomic mass is 9.69. The van der Waals surface area contributed by atoms with Crippen LogP contribution in [-0.4, -0.2) is 32.2 Å². The number of halogens is 1. The maximum atomic E-state index is 6.46. The molecule has 126 valence electrons.